The second-order valence-electron chi connectivity index (χ2n) is 6.02. The van der Waals surface area contributed by atoms with E-state index in [-0.39, 0.29) is 23.3 Å². The number of aromatic nitrogens is 3. The molecule has 0 aromatic carbocycles. The Balaban J connectivity index is 1.78. The smallest absolute Gasteiger partial charge is 0.283 e. The second kappa shape index (κ2) is 6.23. The summed E-state index contributed by atoms with van der Waals surface area (Å²) < 4.78 is 0. The number of carbonyl (C=O) groups is 1. The van der Waals surface area contributed by atoms with Crippen molar-refractivity contribution >= 4 is 23.2 Å². The second-order valence-corrected chi connectivity index (χ2v) is 7.23. The van der Waals surface area contributed by atoms with Crippen molar-refractivity contribution in [1.29, 1.82) is 0 Å². The Morgan fingerprint density at radius 1 is 1.46 bits per heavy atom. The molecular weight excluding hydrogens is 330 g/mol. The van der Waals surface area contributed by atoms with Crippen molar-refractivity contribution in [2.45, 2.75) is 19.3 Å². The summed E-state index contributed by atoms with van der Waals surface area (Å²) in [5.41, 5.74) is 0.491. The average molecular weight is 349 g/mol. The first-order valence-electron chi connectivity index (χ1n) is 7.59. The van der Waals surface area contributed by atoms with E-state index in [1.165, 1.54) is 17.4 Å². The van der Waals surface area contributed by atoms with Gasteiger partial charge in [0.1, 0.15) is 0 Å². The molecule has 1 atom stereocenters. The number of thiazole rings is 1. The van der Waals surface area contributed by atoms with Gasteiger partial charge in [-0.1, -0.05) is 0 Å². The number of carbonyl (C=O) groups excluding carboxylic acids is 1. The summed E-state index contributed by atoms with van der Waals surface area (Å²) in [5.74, 6) is 0.238. The lowest BCUT2D eigenvalue weighted by molar-refractivity contribution is 0.0789. The van der Waals surface area contributed by atoms with Crippen LogP contribution in [-0.4, -0.2) is 58.1 Å². The van der Waals surface area contributed by atoms with Gasteiger partial charge in [0.15, 0.2) is 5.01 Å². The SMILES string of the molecule is Cc1sc(C(=O)N2CC[C@H](c3cc(=O)[nH]c(N(C)C)n3)C2)nc1O. The Kier molecular flexibility index (Phi) is 4.27. The number of hydrogen-bond donors (Lipinski definition) is 2. The highest BCUT2D eigenvalue weighted by Crippen LogP contribution is 2.29. The molecule has 2 N–H and O–H groups in total. The van der Waals surface area contributed by atoms with Gasteiger partial charge in [-0.15, -0.1) is 11.3 Å². The molecule has 0 spiro atoms. The van der Waals surface area contributed by atoms with Crippen molar-refractivity contribution in [2.24, 2.45) is 0 Å². The number of aromatic amines is 1. The van der Waals surface area contributed by atoms with E-state index in [4.69, 9.17) is 0 Å². The summed E-state index contributed by atoms with van der Waals surface area (Å²) in [5, 5.41) is 9.84. The van der Waals surface area contributed by atoms with Gasteiger partial charge in [0.05, 0.1) is 10.6 Å². The van der Waals surface area contributed by atoms with E-state index in [2.05, 4.69) is 15.0 Å². The number of amides is 1. The lowest BCUT2D eigenvalue weighted by Gasteiger charge is -2.16. The maximum atomic E-state index is 12.5. The Morgan fingerprint density at radius 2 is 2.21 bits per heavy atom. The summed E-state index contributed by atoms with van der Waals surface area (Å²) in [7, 11) is 3.62. The fourth-order valence-corrected chi connectivity index (χ4v) is 3.46. The molecule has 2 aromatic rings. The molecule has 0 radical (unpaired) electrons. The highest BCUT2D eigenvalue weighted by atomic mass is 32.1. The van der Waals surface area contributed by atoms with Gasteiger partial charge in [0, 0.05) is 39.2 Å². The molecule has 128 valence electrons. The van der Waals surface area contributed by atoms with Crippen molar-refractivity contribution in [3.63, 3.8) is 0 Å². The topological polar surface area (TPSA) is 102 Å². The van der Waals surface area contributed by atoms with E-state index in [1.54, 1.807) is 16.7 Å². The number of aryl methyl sites for hydroxylation is 1. The summed E-state index contributed by atoms with van der Waals surface area (Å²) in [6.07, 6.45) is 0.741. The number of nitrogens with one attached hydrogen (secondary N) is 1. The molecule has 0 bridgehead atoms. The van der Waals surface area contributed by atoms with Crippen LogP contribution in [0, 0.1) is 6.92 Å². The molecule has 2 aromatic heterocycles. The van der Waals surface area contributed by atoms with Crippen LogP contribution < -0.4 is 10.5 Å². The monoisotopic (exact) mass is 349 g/mol. The summed E-state index contributed by atoms with van der Waals surface area (Å²) in [6.45, 7) is 2.79. The highest BCUT2D eigenvalue weighted by Gasteiger charge is 2.31. The fourth-order valence-electron chi connectivity index (χ4n) is 2.69. The van der Waals surface area contributed by atoms with E-state index in [1.807, 2.05) is 14.1 Å². The van der Waals surface area contributed by atoms with Crippen LogP contribution in [0.5, 0.6) is 5.88 Å². The predicted octanol–water partition coefficient (Wildman–Crippen LogP) is 0.936. The number of rotatable bonds is 3. The van der Waals surface area contributed by atoms with Gasteiger partial charge in [-0.3, -0.25) is 14.6 Å². The minimum atomic E-state index is -0.200. The van der Waals surface area contributed by atoms with E-state index in [0.717, 1.165) is 6.42 Å². The van der Waals surface area contributed by atoms with E-state index >= 15 is 0 Å². The summed E-state index contributed by atoms with van der Waals surface area (Å²) >= 11 is 1.19. The molecule has 0 unspecified atom stereocenters. The van der Waals surface area contributed by atoms with E-state index in [9.17, 15) is 14.7 Å². The molecule has 24 heavy (non-hydrogen) atoms. The largest absolute Gasteiger partial charge is 0.492 e. The van der Waals surface area contributed by atoms with Gasteiger partial charge in [-0.2, -0.15) is 4.98 Å². The lowest BCUT2D eigenvalue weighted by atomic mass is 10.1. The summed E-state index contributed by atoms with van der Waals surface area (Å²) in [6, 6.07) is 1.49. The maximum absolute atomic E-state index is 12.5. The van der Waals surface area contributed by atoms with Gasteiger partial charge < -0.3 is 14.9 Å². The molecule has 1 fully saturated rings. The van der Waals surface area contributed by atoms with Crippen LogP contribution >= 0.6 is 11.3 Å². The first-order valence-corrected chi connectivity index (χ1v) is 8.41. The van der Waals surface area contributed by atoms with E-state index in [0.29, 0.717) is 34.6 Å². The molecule has 0 saturated carbocycles. The average Bonchev–Trinajstić information content (AvgIpc) is 3.14. The number of hydrogen-bond acceptors (Lipinski definition) is 7. The standard InChI is InChI=1S/C15H19N5O3S/c1-8-12(22)18-13(24-8)14(23)20-5-4-9(7-20)10-6-11(21)17-15(16-10)19(2)3/h6,9,22H,4-5,7H2,1-3H3,(H,16,17,21)/t9-/m0/s1. The van der Waals surface area contributed by atoms with E-state index < -0.39 is 0 Å². The molecule has 1 amide bonds. The van der Waals surface area contributed by atoms with Gasteiger partial charge >= 0.3 is 0 Å². The minimum Gasteiger partial charge on any atom is -0.492 e. The minimum absolute atomic E-state index is 0.0182. The van der Waals surface area contributed by atoms with Crippen LogP contribution in [0.4, 0.5) is 5.95 Å². The third-order valence-corrected chi connectivity index (χ3v) is 4.97. The first kappa shape index (κ1) is 16.4. The number of H-pyrrole nitrogens is 1. The normalized spacial score (nSPS) is 17.3. The Bertz CT molecular complexity index is 809. The van der Waals surface area contributed by atoms with Crippen molar-refractivity contribution in [3.8, 4) is 5.88 Å². The molecule has 1 aliphatic rings. The number of nitrogens with zero attached hydrogens (tertiary/aromatic N) is 4. The predicted molar refractivity (Wildman–Crippen MR) is 91.0 cm³/mol. The Labute approximate surface area is 142 Å². The molecule has 8 nitrogen and oxygen atoms in total. The zero-order valence-corrected chi connectivity index (χ0v) is 14.6. The molecule has 1 aliphatic heterocycles. The van der Waals surface area contributed by atoms with Crippen LogP contribution in [0.3, 0.4) is 0 Å². The highest BCUT2D eigenvalue weighted by molar-refractivity contribution is 7.13. The Hall–Kier alpha value is -2.42. The lowest BCUT2D eigenvalue weighted by Crippen LogP contribution is -2.28. The fraction of sp³-hybridized carbons (Fsp3) is 0.467. The van der Waals surface area contributed by atoms with Crippen LogP contribution in [0.15, 0.2) is 10.9 Å². The summed E-state index contributed by atoms with van der Waals surface area (Å²) in [4.78, 5) is 39.4. The molecule has 3 heterocycles. The van der Waals surface area contributed by atoms with Crippen LogP contribution in [0.2, 0.25) is 0 Å². The molecular formula is C15H19N5O3S. The quantitative estimate of drug-likeness (QED) is 0.855. The van der Waals surface area contributed by atoms with Gasteiger partial charge in [-0.05, 0) is 13.3 Å². The van der Waals surface area contributed by atoms with Crippen molar-refractivity contribution < 1.29 is 9.90 Å². The van der Waals surface area contributed by atoms with Crippen molar-refractivity contribution in [2.75, 3.05) is 32.1 Å². The molecule has 1 saturated heterocycles. The zero-order chi connectivity index (χ0) is 17.4. The number of aromatic hydroxyl groups is 1. The van der Waals surface area contributed by atoms with Crippen LogP contribution in [0.1, 0.15) is 32.7 Å². The third kappa shape index (κ3) is 3.12. The van der Waals surface area contributed by atoms with Gasteiger partial charge in [-0.25, -0.2) is 4.98 Å². The molecule has 9 heteroatoms. The van der Waals surface area contributed by atoms with Crippen LogP contribution in [0.25, 0.3) is 0 Å². The zero-order valence-electron chi connectivity index (χ0n) is 13.7. The van der Waals surface area contributed by atoms with Crippen LogP contribution in [-0.2, 0) is 0 Å². The van der Waals surface area contributed by atoms with Crippen molar-refractivity contribution in [1.82, 2.24) is 19.9 Å². The number of anilines is 1. The molecule has 0 aliphatic carbocycles. The third-order valence-electron chi connectivity index (χ3n) is 4.02. The number of likely N-dealkylation sites (tertiary alicyclic amines) is 1. The molecule has 3 rings (SSSR count). The van der Waals surface area contributed by atoms with Crippen molar-refractivity contribution in [3.05, 3.63) is 32.0 Å². The van der Waals surface area contributed by atoms with Gasteiger partial charge in [0.25, 0.3) is 11.5 Å². The Morgan fingerprint density at radius 3 is 2.83 bits per heavy atom. The van der Waals surface area contributed by atoms with Gasteiger partial charge in [0.2, 0.25) is 11.8 Å². The first-order chi connectivity index (χ1) is 11.3. The maximum Gasteiger partial charge on any atom is 0.283 e.